The number of sulfonamides is 1. The Hall–Kier alpha value is -1.11. The molecule has 1 fully saturated rings. The molecule has 0 aliphatic carbocycles. The average Bonchev–Trinajstić information content (AvgIpc) is 2.91. The molecule has 1 saturated heterocycles. The standard InChI is InChI=1S/C12H14N2O3S2/c15-19(16,14-8-11-2-1-7-17-11)12-5-3-10(4-6-12)13-9-18/h3-6,11,14H,1-2,7-8H2/t11-/m1/s1. The second-order valence-corrected chi connectivity index (χ2v) is 6.13. The van der Waals surface area contributed by atoms with Gasteiger partial charge in [0.2, 0.25) is 10.0 Å². The topological polar surface area (TPSA) is 67.8 Å². The van der Waals surface area contributed by atoms with Gasteiger partial charge >= 0.3 is 0 Å². The predicted octanol–water partition coefficient (Wildman–Crippen LogP) is 1.88. The Morgan fingerprint density at radius 3 is 2.74 bits per heavy atom. The largest absolute Gasteiger partial charge is 0.377 e. The van der Waals surface area contributed by atoms with Crippen LogP contribution < -0.4 is 4.72 Å². The van der Waals surface area contributed by atoms with Gasteiger partial charge in [-0.2, -0.15) is 4.99 Å². The third-order valence-electron chi connectivity index (χ3n) is 2.85. The van der Waals surface area contributed by atoms with E-state index in [2.05, 4.69) is 27.1 Å². The zero-order valence-electron chi connectivity index (χ0n) is 10.2. The van der Waals surface area contributed by atoms with E-state index in [-0.39, 0.29) is 11.0 Å². The molecule has 0 amide bonds. The zero-order valence-corrected chi connectivity index (χ0v) is 11.8. The lowest BCUT2D eigenvalue weighted by molar-refractivity contribution is 0.114. The summed E-state index contributed by atoms with van der Waals surface area (Å²) < 4.78 is 32.0. The van der Waals surface area contributed by atoms with Gasteiger partial charge in [0.05, 0.1) is 21.8 Å². The van der Waals surface area contributed by atoms with Gasteiger partial charge in [-0.3, -0.25) is 0 Å². The van der Waals surface area contributed by atoms with Crippen LogP contribution in [0, 0.1) is 0 Å². The molecule has 1 aromatic rings. The molecule has 1 atom stereocenters. The molecule has 1 heterocycles. The summed E-state index contributed by atoms with van der Waals surface area (Å²) in [4.78, 5) is 3.97. The maximum absolute atomic E-state index is 12.0. The van der Waals surface area contributed by atoms with Crippen molar-refractivity contribution in [2.75, 3.05) is 13.2 Å². The van der Waals surface area contributed by atoms with Crippen molar-refractivity contribution in [3.63, 3.8) is 0 Å². The lowest BCUT2D eigenvalue weighted by Gasteiger charge is -2.11. The van der Waals surface area contributed by atoms with Crippen molar-refractivity contribution < 1.29 is 13.2 Å². The van der Waals surface area contributed by atoms with Gasteiger partial charge < -0.3 is 4.74 Å². The highest BCUT2D eigenvalue weighted by Crippen LogP contribution is 2.17. The minimum absolute atomic E-state index is 0.0199. The Bertz CT molecular complexity index is 571. The van der Waals surface area contributed by atoms with E-state index >= 15 is 0 Å². The molecule has 0 saturated carbocycles. The lowest BCUT2D eigenvalue weighted by Crippen LogP contribution is -2.31. The number of nitrogens with one attached hydrogen (secondary N) is 1. The van der Waals surface area contributed by atoms with Gasteiger partial charge in [0.15, 0.2) is 0 Å². The van der Waals surface area contributed by atoms with Crippen LogP contribution in [0.25, 0.3) is 0 Å². The average molecular weight is 298 g/mol. The molecule has 0 aromatic heterocycles. The highest BCUT2D eigenvalue weighted by Gasteiger charge is 2.20. The van der Waals surface area contributed by atoms with E-state index in [4.69, 9.17) is 4.74 Å². The summed E-state index contributed by atoms with van der Waals surface area (Å²) in [7, 11) is -3.50. The van der Waals surface area contributed by atoms with Crippen LogP contribution in [0.2, 0.25) is 0 Å². The van der Waals surface area contributed by atoms with Crippen LogP contribution in [0.3, 0.4) is 0 Å². The van der Waals surface area contributed by atoms with Crippen molar-refractivity contribution in [3.05, 3.63) is 24.3 Å². The molecule has 102 valence electrons. The predicted molar refractivity (Wildman–Crippen MR) is 75.3 cm³/mol. The molecule has 0 bridgehead atoms. The van der Waals surface area contributed by atoms with Gasteiger partial charge in [-0.05, 0) is 49.3 Å². The zero-order chi connectivity index (χ0) is 13.7. The fourth-order valence-corrected chi connectivity index (χ4v) is 3.02. The summed E-state index contributed by atoms with van der Waals surface area (Å²) in [5.74, 6) is 0. The van der Waals surface area contributed by atoms with Crippen LogP contribution in [-0.4, -0.2) is 32.8 Å². The van der Waals surface area contributed by atoms with Crippen molar-refractivity contribution in [3.8, 4) is 0 Å². The molecule has 0 spiro atoms. The first kappa shape index (κ1) is 14.3. The van der Waals surface area contributed by atoms with Crippen molar-refractivity contribution >= 4 is 33.1 Å². The Kier molecular flexibility index (Phi) is 4.79. The molecular weight excluding hydrogens is 284 g/mol. The second-order valence-electron chi connectivity index (χ2n) is 4.18. The maximum atomic E-state index is 12.0. The smallest absolute Gasteiger partial charge is 0.240 e. The Morgan fingerprint density at radius 1 is 1.42 bits per heavy atom. The Balaban J connectivity index is 2.03. The van der Waals surface area contributed by atoms with Gasteiger partial charge in [0, 0.05) is 13.2 Å². The molecule has 2 rings (SSSR count). The van der Waals surface area contributed by atoms with E-state index in [0.29, 0.717) is 18.8 Å². The number of hydrogen-bond donors (Lipinski definition) is 1. The van der Waals surface area contributed by atoms with E-state index in [1.807, 2.05) is 0 Å². The van der Waals surface area contributed by atoms with E-state index in [1.165, 1.54) is 12.1 Å². The Labute approximate surface area is 117 Å². The number of isothiocyanates is 1. The fourth-order valence-electron chi connectivity index (χ4n) is 1.84. The number of ether oxygens (including phenoxy) is 1. The molecule has 7 heteroatoms. The normalized spacial score (nSPS) is 19.1. The number of rotatable bonds is 5. The van der Waals surface area contributed by atoms with Crippen molar-refractivity contribution in [2.24, 2.45) is 4.99 Å². The summed E-state index contributed by atoms with van der Waals surface area (Å²) >= 11 is 4.48. The van der Waals surface area contributed by atoms with Gasteiger partial charge in [0.1, 0.15) is 0 Å². The number of benzene rings is 1. The molecule has 1 aromatic carbocycles. The summed E-state index contributed by atoms with van der Waals surface area (Å²) in [5.41, 5.74) is 0.577. The molecule has 1 aliphatic heterocycles. The third kappa shape index (κ3) is 3.92. The lowest BCUT2D eigenvalue weighted by atomic mass is 10.2. The molecule has 0 unspecified atom stereocenters. The number of thiocarbonyl (C=S) groups is 1. The van der Waals surface area contributed by atoms with E-state index < -0.39 is 10.0 Å². The SMILES string of the molecule is O=S(=O)(NC[C@H]1CCCO1)c1ccc(N=C=S)cc1. The van der Waals surface area contributed by atoms with E-state index in [9.17, 15) is 8.42 Å². The fraction of sp³-hybridized carbons (Fsp3) is 0.417. The number of nitrogens with zero attached hydrogens (tertiary/aromatic N) is 1. The molecule has 5 nitrogen and oxygen atoms in total. The van der Waals surface area contributed by atoms with E-state index in [1.54, 1.807) is 12.1 Å². The second kappa shape index (κ2) is 6.36. The summed E-state index contributed by atoms with van der Waals surface area (Å²) in [6.07, 6.45) is 1.86. The number of aliphatic imine (C=N–C) groups is 1. The monoisotopic (exact) mass is 298 g/mol. The molecule has 1 N–H and O–H groups in total. The first-order valence-electron chi connectivity index (χ1n) is 5.91. The van der Waals surface area contributed by atoms with Crippen LogP contribution in [0.1, 0.15) is 12.8 Å². The van der Waals surface area contributed by atoms with Crippen LogP contribution in [0.5, 0.6) is 0 Å². The maximum Gasteiger partial charge on any atom is 0.240 e. The summed E-state index contributed by atoms with van der Waals surface area (Å²) in [5, 5.41) is 2.23. The van der Waals surface area contributed by atoms with Crippen LogP contribution in [-0.2, 0) is 14.8 Å². The van der Waals surface area contributed by atoms with Gasteiger partial charge in [-0.25, -0.2) is 13.1 Å². The minimum Gasteiger partial charge on any atom is -0.377 e. The van der Waals surface area contributed by atoms with Crippen molar-refractivity contribution in [2.45, 2.75) is 23.8 Å². The third-order valence-corrected chi connectivity index (χ3v) is 4.38. The van der Waals surface area contributed by atoms with E-state index in [0.717, 1.165) is 12.8 Å². The van der Waals surface area contributed by atoms with Crippen molar-refractivity contribution in [1.29, 1.82) is 0 Å². The summed E-state index contributed by atoms with van der Waals surface area (Å²) in [6, 6.07) is 6.15. The van der Waals surface area contributed by atoms with Crippen molar-refractivity contribution in [1.82, 2.24) is 4.72 Å². The van der Waals surface area contributed by atoms with Crippen LogP contribution in [0.15, 0.2) is 34.2 Å². The van der Waals surface area contributed by atoms with Gasteiger partial charge in [-0.1, -0.05) is 0 Å². The first-order chi connectivity index (χ1) is 9.12. The highest BCUT2D eigenvalue weighted by molar-refractivity contribution is 7.89. The Morgan fingerprint density at radius 2 is 2.16 bits per heavy atom. The van der Waals surface area contributed by atoms with Crippen LogP contribution in [0.4, 0.5) is 5.69 Å². The summed E-state index contributed by atoms with van der Waals surface area (Å²) in [6.45, 7) is 1.01. The molecule has 19 heavy (non-hydrogen) atoms. The van der Waals surface area contributed by atoms with Gasteiger partial charge in [-0.15, -0.1) is 0 Å². The molecule has 0 radical (unpaired) electrons. The quantitative estimate of drug-likeness (QED) is 0.666. The number of hydrogen-bond acceptors (Lipinski definition) is 5. The van der Waals surface area contributed by atoms with Crippen LogP contribution >= 0.6 is 12.2 Å². The van der Waals surface area contributed by atoms with Gasteiger partial charge in [0.25, 0.3) is 0 Å². The highest BCUT2D eigenvalue weighted by atomic mass is 32.2. The molecule has 1 aliphatic rings. The first-order valence-corrected chi connectivity index (χ1v) is 7.80. The molecular formula is C12H14N2O3S2. The minimum atomic E-state index is -3.50.